The van der Waals surface area contributed by atoms with Crippen LogP contribution in [0.5, 0.6) is 5.75 Å². The Morgan fingerprint density at radius 3 is 2.48 bits per heavy atom. The fourth-order valence-corrected chi connectivity index (χ4v) is 3.06. The SMILES string of the molecule is Cc1nc(N2CCC(NC(=O)COc3ccc(F)cc3)CC2)cc(C(F)(F)F)n1. The number of benzene rings is 1. The zero-order chi connectivity index (χ0) is 21.0. The van der Waals surface area contributed by atoms with Crippen LogP contribution in [0.4, 0.5) is 23.4 Å². The Labute approximate surface area is 164 Å². The largest absolute Gasteiger partial charge is 0.484 e. The van der Waals surface area contributed by atoms with Crippen molar-refractivity contribution in [3.8, 4) is 5.75 Å². The van der Waals surface area contributed by atoms with Crippen molar-refractivity contribution in [2.24, 2.45) is 0 Å². The molecule has 0 spiro atoms. The Hall–Kier alpha value is -2.91. The number of aryl methyl sites for hydroxylation is 1. The number of piperidine rings is 1. The van der Waals surface area contributed by atoms with Crippen molar-refractivity contribution in [1.82, 2.24) is 15.3 Å². The first kappa shape index (κ1) is 20.8. The average molecular weight is 412 g/mol. The second kappa shape index (κ2) is 8.62. The van der Waals surface area contributed by atoms with E-state index in [0.29, 0.717) is 31.7 Å². The molecular weight excluding hydrogens is 392 g/mol. The Morgan fingerprint density at radius 2 is 1.86 bits per heavy atom. The van der Waals surface area contributed by atoms with Gasteiger partial charge in [-0.3, -0.25) is 4.79 Å². The molecule has 0 aliphatic carbocycles. The van der Waals surface area contributed by atoms with E-state index in [2.05, 4.69) is 15.3 Å². The van der Waals surface area contributed by atoms with Crippen LogP contribution in [0.3, 0.4) is 0 Å². The van der Waals surface area contributed by atoms with Crippen LogP contribution in [-0.4, -0.2) is 41.6 Å². The van der Waals surface area contributed by atoms with Crippen LogP contribution in [0.15, 0.2) is 30.3 Å². The molecule has 6 nitrogen and oxygen atoms in total. The van der Waals surface area contributed by atoms with Crippen molar-refractivity contribution in [3.05, 3.63) is 47.7 Å². The monoisotopic (exact) mass is 412 g/mol. The van der Waals surface area contributed by atoms with Crippen molar-refractivity contribution in [3.63, 3.8) is 0 Å². The van der Waals surface area contributed by atoms with Crippen LogP contribution in [-0.2, 0) is 11.0 Å². The van der Waals surface area contributed by atoms with Crippen LogP contribution in [0.25, 0.3) is 0 Å². The molecule has 1 saturated heterocycles. The van der Waals surface area contributed by atoms with Crippen molar-refractivity contribution >= 4 is 11.7 Å². The molecule has 1 aliphatic heterocycles. The third kappa shape index (κ3) is 5.78. The average Bonchev–Trinajstić information content (AvgIpc) is 2.67. The number of carbonyl (C=O) groups excluding carboxylic acids is 1. The second-order valence-corrected chi connectivity index (χ2v) is 6.73. The lowest BCUT2D eigenvalue weighted by atomic mass is 10.0. The Morgan fingerprint density at radius 1 is 1.21 bits per heavy atom. The van der Waals surface area contributed by atoms with Gasteiger partial charge in [-0.1, -0.05) is 0 Å². The molecule has 1 N–H and O–H groups in total. The lowest BCUT2D eigenvalue weighted by Gasteiger charge is -2.33. The molecule has 29 heavy (non-hydrogen) atoms. The molecule has 0 unspecified atom stereocenters. The summed E-state index contributed by atoms with van der Waals surface area (Å²) in [5, 5.41) is 2.84. The maximum atomic E-state index is 12.9. The summed E-state index contributed by atoms with van der Waals surface area (Å²) < 4.78 is 57.0. The standard InChI is InChI=1S/C19H20F4N4O2/c1-12-24-16(19(21,22)23)10-17(25-12)27-8-6-14(7-9-27)26-18(28)11-29-15-4-2-13(20)3-5-15/h2-5,10,14H,6-9,11H2,1H3,(H,26,28). The number of nitrogens with zero attached hydrogens (tertiary/aromatic N) is 3. The third-order valence-electron chi connectivity index (χ3n) is 4.48. The molecule has 2 aromatic rings. The zero-order valence-electron chi connectivity index (χ0n) is 15.7. The normalized spacial score (nSPS) is 15.3. The topological polar surface area (TPSA) is 67.4 Å². The van der Waals surface area contributed by atoms with E-state index in [4.69, 9.17) is 4.74 Å². The summed E-state index contributed by atoms with van der Waals surface area (Å²) in [7, 11) is 0. The van der Waals surface area contributed by atoms with Crippen LogP contribution in [0.2, 0.25) is 0 Å². The molecule has 0 atom stereocenters. The zero-order valence-corrected chi connectivity index (χ0v) is 15.7. The maximum Gasteiger partial charge on any atom is 0.433 e. The van der Waals surface area contributed by atoms with Crippen LogP contribution in [0.1, 0.15) is 24.4 Å². The first-order valence-electron chi connectivity index (χ1n) is 9.06. The van der Waals surface area contributed by atoms with Gasteiger partial charge in [-0.05, 0) is 44.0 Å². The van der Waals surface area contributed by atoms with Crippen molar-refractivity contribution in [2.75, 3.05) is 24.6 Å². The highest BCUT2D eigenvalue weighted by Crippen LogP contribution is 2.30. The minimum absolute atomic E-state index is 0.0585. The predicted molar refractivity (Wildman–Crippen MR) is 97.0 cm³/mol. The van der Waals surface area contributed by atoms with Gasteiger partial charge < -0.3 is 15.0 Å². The number of rotatable bonds is 5. The van der Waals surface area contributed by atoms with Gasteiger partial charge in [0.25, 0.3) is 5.91 Å². The summed E-state index contributed by atoms with van der Waals surface area (Å²) in [5.41, 5.74) is -0.964. The summed E-state index contributed by atoms with van der Waals surface area (Å²) in [5.74, 6) is -0.0341. The van der Waals surface area contributed by atoms with E-state index in [9.17, 15) is 22.4 Å². The van der Waals surface area contributed by atoms with Gasteiger partial charge in [-0.2, -0.15) is 13.2 Å². The molecule has 0 bridgehead atoms. The Balaban J connectivity index is 1.49. The number of aromatic nitrogens is 2. The van der Waals surface area contributed by atoms with Gasteiger partial charge in [-0.25, -0.2) is 14.4 Å². The Bertz CT molecular complexity index is 850. The van der Waals surface area contributed by atoms with Crippen molar-refractivity contribution in [1.29, 1.82) is 0 Å². The number of hydrogen-bond donors (Lipinski definition) is 1. The molecule has 1 fully saturated rings. The number of halogens is 4. The lowest BCUT2D eigenvalue weighted by molar-refractivity contribution is -0.141. The van der Waals surface area contributed by atoms with Crippen molar-refractivity contribution < 1.29 is 27.1 Å². The number of ether oxygens (including phenoxy) is 1. The fraction of sp³-hybridized carbons (Fsp3) is 0.421. The molecule has 0 radical (unpaired) electrons. The van der Waals surface area contributed by atoms with Gasteiger partial charge in [0, 0.05) is 25.2 Å². The minimum atomic E-state index is -4.53. The second-order valence-electron chi connectivity index (χ2n) is 6.73. The van der Waals surface area contributed by atoms with E-state index in [0.717, 1.165) is 6.07 Å². The first-order valence-corrected chi connectivity index (χ1v) is 9.06. The molecule has 1 aliphatic rings. The smallest absolute Gasteiger partial charge is 0.433 e. The van der Waals surface area contributed by atoms with Gasteiger partial charge in [0.1, 0.15) is 28.9 Å². The molecule has 1 amide bonds. The summed E-state index contributed by atoms with van der Waals surface area (Å²) in [6.07, 6.45) is -3.40. The fourth-order valence-electron chi connectivity index (χ4n) is 3.06. The van der Waals surface area contributed by atoms with Gasteiger partial charge in [0.05, 0.1) is 0 Å². The van der Waals surface area contributed by atoms with E-state index >= 15 is 0 Å². The molecular formula is C19H20F4N4O2. The molecule has 2 heterocycles. The Kier molecular flexibility index (Phi) is 6.19. The van der Waals surface area contributed by atoms with E-state index in [1.165, 1.54) is 31.2 Å². The predicted octanol–water partition coefficient (Wildman–Crippen LogP) is 3.11. The number of nitrogens with one attached hydrogen (secondary N) is 1. The highest BCUT2D eigenvalue weighted by atomic mass is 19.4. The molecule has 10 heteroatoms. The van der Waals surface area contributed by atoms with Gasteiger partial charge in [0.15, 0.2) is 6.61 Å². The minimum Gasteiger partial charge on any atom is -0.484 e. The lowest BCUT2D eigenvalue weighted by Crippen LogP contribution is -2.46. The highest BCUT2D eigenvalue weighted by molar-refractivity contribution is 5.77. The number of alkyl halides is 3. The van der Waals surface area contributed by atoms with Crippen molar-refractivity contribution in [2.45, 2.75) is 32.0 Å². The third-order valence-corrected chi connectivity index (χ3v) is 4.48. The molecule has 156 valence electrons. The van der Waals surface area contributed by atoms with E-state index in [1.807, 2.05) is 0 Å². The summed E-state index contributed by atoms with van der Waals surface area (Å²) >= 11 is 0. The van der Waals surface area contributed by atoms with E-state index in [1.54, 1.807) is 4.90 Å². The molecule has 3 rings (SSSR count). The molecule has 1 aromatic heterocycles. The van der Waals surface area contributed by atoms with Gasteiger partial charge in [-0.15, -0.1) is 0 Å². The quantitative estimate of drug-likeness (QED) is 0.765. The summed E-state index contributed by atoms with van der Waals surface area (Å²) in [6.45, 7) is 2.13. The van der Waals surface area contributed by atoms with E-state index < -0.39 is 17.7 Å². The van der Waals surface area contributed by atoms with Crippen LogP contribution >= 0.6 is 0 Å². The highest BCUT2D eigenvalue weighted by Gasteiger charge is 2.34. The number of carbonyl (C=O) groups is 1. The number of anilines is 1. The summed E-state index contributed by atoms with van der Waals surface area (Å²) in [4.78, 5) is 21.3. The van der Waals surface area contributed by atoms with Crippen LogP contribution < -0.4 is 15.0 Å². The number of hydrogen-bond acceptors (Lipinski definition) is 5. The summed E-state index contributed by atoms with van der Waals surface area (Å²) in [6, 6.07) is 6.17. The van der Waals surface area contributed by atoms with Gasteiger partial charge in [0.2, 0.25) is 0 Å². The van der Waals surface area contributed by atoms with E-state index in [-0.39, 0.29) is 30.2 Å². The first-order chi connectivity index (χ1) is 13.7. The maximum absolute atomic E-state index is 12.9. The number of amides is 1. The van der Waals surface area contributed by atoms with Gasteiger partial charge >= 0.3 is 6.18 Å². The molecule has 1 aromatic carbocycles. The van der Waals surface area contributed by atoms with Crippen LogP contribution in [0, 0.1) is 12.7 Å². The molecule has 0 saturated carbocycles.